The molecule has 2 heterocycles. The summed E-state index contributed by atoms with van der Waals surface area (Å²) >= 11 is 0.709. The van der Waals surface area contributed by atoms with Crippen molar-refractivity contribution in [3.8, 4) is 11.6 Å². The number of fused-ring (bicyclic) bond motifs is 1. The molecule has 11 nitrogen and oxygen atoms in total. The molecule has 0 saturated heterocycles. The molecule has 0 aliphatic heterocycles. The van der Waals surface area contributed by atoms with Crippen molar-refractivity contribution >= 4 is 48.7 Å². The lowest BCUT2D eigenvalue weighted by Crippen LogP contribution is -2.33. The summed E-state index contributed by atoms with van der Waals surface area (Å²) in [6.45, 7) is -0.299. The van der Waals surface area contributed by atoms with Gasteiger partial charge in [-0.1, -0.05) is 0 Å². The third-order valence-corrected chi connectivity index (χ3v) is 7.96. The van der Waals surface area contributed by atoms with Crippen LogP contribution in [0.2, 0.25) is 0 Å². The molecule has 14 heteroatoms. The van der Waals surface area contributed by atoms with Gasteiger partial charge in [-0.3, -0.25) is 18.0 Å². The van der Waals surface area contributed by atoms with E-state index in [9.17, 15) is 22.0 Å². The molecule has 2 unspecified atom stereocenters. The largest absolute Gasteiger partial charge is 0.755 e. The summed E-state index contributed by atoms with van der Waals surface area (Å²) in [4.78, 5) is 15.5. The SMILES string of the molecule is CS(=O)(=O)c1ccc(Oc2ncc(N(C3CCCc4c3cnn4CC(=O)O)S(=O)[O-])cc2Br)cc1. The van der Waals surface area contributed by atoms with Gasteiger partial charge in [-0.2, -0.15) is 5.10 Å². The highest BCUT2D eigenvalue weighted by Crippen LogP contribution is 2.39. The zero-order valence-corrected chi connectivity index (χ0v) is 21.5. The fourth-order valence-corrected chi connectivity index (χ4v) is 5.70. The molecule has 35 heavy (non-hydrogen) atoms. The topological polar surface area (TPSA) is 155 Å². The van der Waals surface area contributed by atoms with Gasteiger partial charge < -0.3 is 14.4 Å². The monoisotopic (exact) mass is 583 g/mol. The van der Waals surface area contributed by atoms with Gasteiger partial charge in [0.15, 0.2) is 9.84 Å². The second-order valence-electron chi connectivity index (χ2n) is 7.88. The molecule has 3 aromatic rings. The molecule has 186 valence electrons. The fraction of sp³-hybridized carbons (Fsp3) is 0.286. The summed E-state index contributed by atoms with van der Waals surface area (Å²) in [5, 5.41) is 13.3. The molecule has 0 fully saturated rings. The Morgan fingerprint density at radius 3 is 2.66 bits per heavy atom. The van der Waals surface area contributed by atoms with Gasteiger partial charge in [0.1, 0.15) is 12.3 Å². The number of aromatic nitrogens is 3. The number of pyridine rings is 1. The number of aliphatic carboxylic acids is 1. The van der Waals surface area contributed by atoms with Crippen LogP contribution in [0.4, 0.5) is 5.69 Å². The van der Waals surface area contributed by atoms with E-state index in [4.69, 9.17) is 9.84 Å². The van der Waals surface area contributed by atoms with Gasteiger partial charge in [-0.05, 0) is 65.5 Å². The number of hydrogen-bond acceptors (Lipinski definition) is 8. The van der Waals surface area contributed by atoms with E-state index in [1.54, 1.807) is 6.07 Å². The molecule has 1 aliphatic rings. The Kier molecular flexibility index (Phi) is 7.26. The first-order valence-corrected chi connectivity index (χ1v) is 14.0. The Balaban J connectivity index is 1.61. The lowest BCUT2D eigenvalue weighted by atomic mass is 9.92. The first-order valence-electron chi connectivity index (χ1n) is 10.3. The maximum atomic E-state index is 12.3. The molecular formula is C21H20BrN4O7S2-. The van der Waals surface area contributed by atoms with Crippen molar-refractivity contribution in [2.24, 2.45) is 0 Å². The average Bonchev–Trinajstić information content (AvgIpc) is 3.18. The van der Waals surface area contributed by atoms with Crippen molar-refractivity contribution in [2.75, 3.05) is 10.6 Å². The third-order valence-electron chi connectivity index (χ3n) is 5.47. The normalized spacial score (nSPS) is 16.4. The molecule has 0 spiro atoms. The first kappa shape index (κ1) is 25.3. The van der Waals surface area contributed by atoms with Gasteiger partial charge in [-0.25, -0.2) is 13.4 Å². The van der Waals surface area contributed by atoms with Crippen molar-refractivity contribution in [1.82, 2.24) is 14.8 Å². The Hall–Kier alpha value is -2.81. The number of carboxylic acid groups (broad SMARTS) is 1. The molecule has 4 rings (SSSR count). The highest BCUT2D eigenvalue weighted by atomic mass is 79.9. The molecule has 0 amide bonds. The third kappa shape index (κ3) is 5.55. The van der Waals surface area contributed by atoms with Crippen LogP contribution in [-0.4, -0.2) is 49.3 Å². The van der Waals surface area contributed by atoms with Gasteiger partial charge >= 0.3 is 5.97 Å². The smallest absolute Gasteiger partial charge is 0.325 e. The summed E-state index contributed by atoms with van der Waals surface area (Å²) in [7, 11) is -3.34. The summed E-state index contributed by atoms with van der Waals surface area (Å²) in [6, 6.07) is 6.81. The summed E-state index contributed by atoms with van der Waals surface area (Å²) < 4.78 is 56.5. The van der Waals surface area contributed by atoms with E-state index < -0.39 is 33.1 Å². The standard InChI is InChI=1S/C21H21BrN4O7S2/c1-35(31,32)15-7-5-14(6-8-15)33-21-17(22)9-13(10-23-21)26(34(29)30)19-4-2-3-18-16(19)11-24-25(18)12-20(27)28/h5-11,19H,2-4,12H2,1H3,(H,27,28)(H,29,30)/p-1. The highest BCUT2D eigenvalue weighted by Gasteiger charge is 2.31. The van der Waals surface area contributed by atoms with Crippen LogP contribution in [0.15, 0.2) is 52.1 Å². The first-order chi connectivity index (χ1) is 16.5. The number of carboxylic acids is 1. The minimum atomic E-state index is -3.34. The maximum absolute atomic E-state index is 12.3. The highest BCUT2D eigenvalue weighted by molar-refractivity contribution is 9.10. The van der Waals surface area contributed by atoms with E-state index in [0.29, 0.717) is 40.7 Å². The van der Waals surface area contributed by atoms with Gasteiger partial charge in [0.05, 0.1) is 33.5 Å². The van der Waals surface area contributed by atoms with Crippen molar-refractivity contribution in [3.05, 3.63) is 58.5 Å². The van der Waals surface area contributed by atoms with Crippen LogP contribution in [0, 0.1) is 0 Å². The number of rotatable bonds is 8. The molecule has 2 aromatic heterocycles. The van der Waals surface area contributed by atoms with Crippen LogP contribution >= 0.6 is 15.9 Å². The quantitative estimate of drug-likeness (QED) is 0.394. The van der Waals surface area contributed by atoms with Crippen LogP contribution in [0.25, 0.3) is 0 Å². The van der Waals surface area contributed by atoms with Crippen LogP contribution in [-0.2, 0) is 38.9 Å². The Bertz CT molecular complexity index is 1390. The van der Waals surface area contributed by atoms with Crippen molar-refractivity contribution in [1.29, 1.82) is 0 Å². The fourth-order valence-electron chi connectivity index (χ4n) is 3.95. The summed E-state index contributed by atoms with van der Waals surface area (Å²) in [5.41, 5.74) is 1.64. The Labute approximate surface area is 212 Å². The number of sulfone groups is 1. The Morgan fingerprint density at radius 2 is 2.06 bits per heavy atom. The predicted octanol–water partition coefficient (Wildman–Crippen LogP) is 3.00. The van der Waals surface area contributed by atoms with E-state index in [1.165, 1.54) is 45.6 Å². The van der Waals surface area contributed by atoms with Crippen molar-refractivity contribution < 1.29 is 31.8 Å². The molecular weight excluding hydrogens is 564 g/mol. The minimum absolute atomic E-state index is 0.152. The second-order valence-corrected chi connectivity index (χ2v) is 11.6. The van der Waals surface area contributed by atoms with Crippen molar-refractivity contribution in [2.45, 2.75) is 36.7 Å². The minimum Gasteiger partial charge on any atom is -0.755 e. The van der Waals surface area contributed by atoms with Gasteiger partial charge in [0.2, 0.25) is 5.88 Å². The lowest BCUT2D eigenvalue weighted by molar-refractivity contribution is -0.137. The predicted molar refractivity (Wildman–Crippen MR) is 129 cm³/mol. The van der Waals surface area contributed by atoms with Crippen LogP contribution in [0.3, 0.4) is 0 Å². The maximum Gasteiger partial charge on any atom is 0.325 e. The number of carbonyl (C=O) groups is 1. The zero-order chi connectivity index (χ0) is 25.3. The second kappa shape index (κ2) is 10.0. The van der Waals surface area contributed by atoms with Gasteiger partial charge in [0, 0.05) is 28.8 Å². The van der Waals surface area contributed by atoms with Gasteiger partial charge in [-0.15, -0.1) is 0 Å². The van der Waals surface area contributed by atoms with Crippen LogP contribution in [0.5, 0.6) is 11.6 Å². The average molecular weight is 584 g/mol. The number of halogens is 1. The van der Waals surface area contributed by atoms with E-state index in [0.717, 1.165) is 6.26 Å². The van der Waals surface area contributed by atoms with E-state index in [1.807, 2.05) is 0 Å². The number of ether oxygens (including phenoxy) is 1. The number of nitrogens with zero attached hydrogens (tertiary/aromatic N) is 4. The molecule has 0 saturated carbocycles. The van der Waals surface area contributed by atoms with Crippen LogP contribution in [0.1, 0.15) is 30.1 Å². The number of hydrogen-bond donors (Lipinski definition) is 1. The number of benzene rings is 1. The molecule has 2 atom stereocenters. The van der Waals surface area contributed by atoms with Crippen LogP contribution < -0.4 is 9.04 Å². The zero-order valence-electron chi connectivity index (χ0n) is 18.3. The Morgan fingerprint density at radius 1 is 1.34 bits per heavy atom. The number of anilines is 1. The molecule has 1 aromatic carbocycles. The molecule has 1 N–H and O–H groups in total. The molecule has 0 radical (unpaired) electrons. The van der Waals surface area contributed by atoms with E-state index in [2.05, 4.69) is 26.0 Å². The van der Waals surface area contributed by atoms with E-state index >= 15 is 0 Å². The molecule has 0 bridgehead atoms. The lowest BCUT2D eigenvalue weighted by Gasteiger charge is -2.36. The summed E-state index contributed by atoms with van der Waals surface area (Å²) in [6.07, 6.45) is 5.78. The summed E-state index contributed by atoms with van der Waals surface area (Å²) in [5.74, 6) is -0.515. The van der Waals surface area contributed by atoms with E-state index in [-0.39, 0.29) is 23.0 Å². The van der Waals surface area contributed by atoms with Gasteiger partial charge in [0.25, 0.3) is 0 Å². The molecule has 1 aliphatic carbocycles. The van der Waals surface area contributed by atoms with Crippen molar-refractivity contribution in [3.63, 3.8) is 0 Å².